The second-order valence-corrected chi connectivity index (χ2v) is 8.41. The number of nitrogens with one attached hydrogen (secondary N) is 1. The van der Waals surface area contributed by atoms with Crippen molar-refractivity contribution in [2.24, 2.45) is 7.05 Å². The van der Waals surface area contributed by atoms with Gasteiger partial charge in [-0.25, -0.2) is 18.9 Å². The number of anilines is 2. The molecular weight excluding hydrogens is 379 g/mol. The SMILES string of the molecule is Cc1cc2ncnn2cc1Nc1ncc2c(n1)n(C13CC(F)(C1)C3)c(=S)n2C. The first-order chi connectivity index (χ1) is 13.4. The van der Waals surface area contributed by atoms with Gasteiger partial charge in [0.05, 0.1) is 23.6 Å². The maximum Gasteiger partial charge on any atom is 0.229 e. The lowest BCUT2D eigenvalue weighted by molar-refractivity contribution is -0.197. The summed E-state index contributed by atoms with van der Waals surface area (Å²) in [6.07, 6.45) is 6.68. The van der Waals surface area contributed by atoms with Gasteiger partial charge in [0.25, 0.3) is 0 Å². The summed E-state index contributed by atoms with van der Waals surface area (Å²) in [5.41, 5.74) is 2.98. The van der Waals surface area contributed by atoms with Crippen LogP contribution in [0.3, 0.4) is 0 Å². The molecule has 0 amide bonds. The standard InChI is InChI=1S/C18H17FN8S/c1-10-3-13-21-9-22-26(13)5-11(10)23-15-20-4-12-14(24-15)27(16(28)25(12)2)18-6-17(19,7-18)8-18/h3-5,9H,6-8H2,1-2H3,(H,20,23,24). The fourth-order valence-electron chi connectivity index (χ4n) is 4.66. The maximum absolute atomic E-state index is 14.1. The molecule has 1 N–H and O–H groups in total. The molecule has 4 aromatic heterocycles. The lowest BCUT2D eigenvalue weighted by Gasteiger charge is -2.65. The Bertz CT molecular complexity index is 1330. The molecule has 4 heterocycles. The molecule has 3 aliphatic rings. The van der Waals surface area contributed by atoms with Crippen molar-refractivity contribution in [3.05, 3.63) is 35.1 Å². The van der Waals surface area contributed by atoms with Crippen LogP contribution in [0.2, 0.25) is 0 Å². The van der Waals surface area contributed by atoms with Crippen LogP contribution in [0.1, 0.15) is 24.8 Å². The zero-order chi connectivity index (χ0) is 19.3. The Hall–Kier alpha value is -2.88. The minimum atomic E-state index is -1.00. The number of imidazole rings is 1. The highest BCUT2D eigenvalue weighted by Gasteiger charge is 2.71. The normalized spacial score (nSPS) is 25.7. The Morgan fingerprint density at radius 2 is 2.04 bits per heavy atom. The van der Waals surface area contributed by atoms with E-state index in [1.165, 1.54) is 6.33 Å². The monoisotopic (exact) mass is 396 g/mol. The number of aryl methyl sites for hydroxylation is 2. The van der Waals surface area contributed by atoms with Crippen LogP contribution in [0.15, 0.2) is 24.8 Å². The fourth-order valence-corrected chi connectivity index (χ4v) is 5.04. The second kappa shape index (κ2) is 4.93. The van der Waals surface area contributed by atoms with E-state index in [1.54, 1.807) is 10.7 Å². The Labute approximate surface area is 164 Å². The summed E-state index contributed by atoms with van der Waals surface area (Å²) < 4.78 is 20.4. The van der Waals surface area contributed by atoms with Crippen LogP contribution in [0.4, 0.5) is 16.0 Å². The topological polar surface area (TPSA) is 77.9 Å². The molecule has 3 fully saturated rings. The molecule has 3 aliphatic carbocycles. The number of nitrogens with zero attached hydrogens (tertiary/aromatic N) is 7. The molecule has 0 unspecified atom stereocenters. The first-order valence-electron chi connectivity index (χ1n) is 9.09. The summed E-state index contributed by atoms with van der Waals surface area (Å²) >= 11 is 5.64. The lowest BCUT2D eigenvalue weighted by Crippen LogP contribution is -2.70. The van der Waals surface area contributed by atoms with E-state index < -0.39 is 5.67 Å². The predicted octanol–water partition coefficient (Wildman–Crippen LogP) is 3.20. The molecule has 142 valence electrons. The van der Waals surface area contributed by atoms with Gasteiger partial charge in [-0.2, -0.15) is 10.1 Å². The first kappa shape index (κ1) is 16.1. The van der Waals surface area contributed by atoms with Crippen molar-refractivity contribution in [2.45, 2.75) is 37.4 Å². The van der Waals surface area contributed by atoms with E-state index in [0.717, 1.165) is 28.1 Å². The Kier molecular flexibility index (Phi) is 2.84. The van der Waals surface area contributed by atoms with Crippen LogP contribution < -0.4 is 5.32 Å². The van der Waals surface area contributed by atoms with Crippen molar-refractivity contribution in [3.63, 3.8) is 0 Å². The van der Waals surface area contributed by atoms with Gasteiger partial charge >= 0.3 is 0 Å². The quantitative estimate of drug-likeness (QED) is 0.536. The van der Waals surface area contributed by atoms with E-state index in [4.69, 9.17) is 17.2 Å². The number of alkyl halides is 1. The van der Waals surface area contributed by atoms with Gasteiger partial charge < -0.3 is 9.88 Å². The van der Waals surface area contributed by atoms with Crippen molar-refractivity contribution in [3.8, 4) is 0 Å². The molecule has 0 atom stereocenters. The molecule has 0 aliphatic heterocycles. The lowest BCUT2D eigenvalue weighted by atomic mass is 9.47. The third-order valence-corrected chi connectivity index (χ3v) is 6.54. The number of rotatable bonds is 3. The third kappa shape index (κ3) is 1.95. The van der Waals surface area contributed by atoms with Crippen molar-refractivity contribution in [2.75, 3.05) is 5.32 Å². The molecule has 0 radical (unpaired) electrons. The number of halogens is 1. The van der Waals surface area contributed by atoms with E-state index in [-0.39, 0.29) is 5.54 Å². The van der Waals surface area contributed by atoms with Gasteiger partial charge in [-0.05, 0) is 30.8 Å². The van der Waals surface area contributed by atoms with Gasteiger partial charge in [-0.3, -0.25) is 4.57 Å². The minimum Gasteiger partial charge on any atom is -0.323 e. The van der Waals surface area contributed by atoms with E-state index in [9.17, 15) is 4.39 Å². The summed E-state index contributed by atoms with van der Waals surface area (Å²) in [4.78, 5) is 13.4. The minimum absolute atomic E-state index is 0.230. The average Bonchev–Trinajstić information content (AvgIpc) is 3.15. The van der Waals surface area contributed by atoms with Crippen LogP contribution in [0, 0.1) is 11.7 Å². The van der Waals surface area contributed by atoms with Gasteiger partial charge in [0.2, 0.25) is 5.95 Å². The number of hydrogen-bond donors (Lipinski definition) is 1. The fraction of sp³-hybridized carbons (Fsp3) is 0.389. The van der Waals surface area contributed by atoms with Gasteiger partial charge in [0.15, 0.2) is 16.1 Å². The molecule has 0 aromatic carbocycles. The Morgan fingerprint density at radius 3 is 2.79 bits per heavy atom. The van der Waals surface area contributed by atoms with Crippen LogP contribution in [0.5, 0.6) is 0 Å². The Balaban J connectivity index is 1.46. The summed E-state index contributed by atoms with van der Waals surface area (Å²) in [6, 6.07) is 1.94. The molecule has 7 rings (SSSR count). The van der Waals surface area contributed by atoms with Gasteiger partial charge in [0, 0.05) is 26.3 Å². The van der Waals surface area contributed by atoms with E-state index in [2.05, 4.69) is 20.4 Å². The highest BCUT2D eigenvalue weighted by Crippen LogP contribution is 2.68. The number of fused-ring (bicyclic) bond motifs is 2. The Morgan fingerprint density at radius 1 is 1.25 bits per heavy atom. The molecule has 28 heavy (non-hydrogen) atoms. The predicted molar refractivity (Wildman–Crippen MR) is 104 cm³/mol. The smallest absolute Gasteiger partial charge is 0.229 e. The van der Waals surface area contributed by atoms with Crippen molar-refractivity contribution in [1.82, 2.24) is 33.7 Å². The van der Waals surface area contributed by atoms with Gasteiger partial charge in [-0.15, -0.1) is 0 Å². The molecule has 0 spiro atoms. The van der Waals surface area contributed by atoms with Gasteiger partial charge in [-0.1, -0.05) is 0 Å². The summed E-state index contributed by atoms with van der Waals surface area (Å²) in [7, 11) is 1.90. The molecule has 4 aromatic rings. The highest BCUT2D eigenvalue weighted by molar-refractivity contribution is 7.71. The zero-order valence-electron chi connectivity index (χ0n) is 15.3. The molecule has 3 saturated carbocycles. The highest BCUT2D eigenvalue weighted by atomic mass is 32.1. The third-order valence-electron chi connectivity index (χ3n) is 6.08. The second-order valence-electron chi connectivity index (χ2n) is 8.04. The summed E-state index contributed by atoms with van der Waals surface area (Å²) in [6.45, 7) is 1.99. The van der Waals surface area contributed by atoms with Crippen molar-refractivity contribution in [1.29, 1.82) is 0 Å². The number of hydrogen-bond acceptors (Lipinski definition) is 6. The van der Waals surface area contributed by atoms with Crippen molar-refractivity contribution < 1.29 is 4.39 Å². The number of aromatic nitrogens is 7. The maximum atomic E-state index is 14.1. The summed E-state index contributed by atoms with van der Waals surface area (Å²) in [5, 5.41) is 7.44. The van der Waals surface area contributed by atoms with E-state index >= 15 is 0 Å². The average molecular weight is 396 g/mol. The molecule has 2 bridgehead atoms. The zero-order valence-corrected chi connectivity index (χ0v) is 16.2. The van der Waals surface area contributed by atoms with Crippen LogP contribution in [-0.2, 0) is 12.6 Å². The largest absolute Gasteiger partial charge is 0.323 e. The first-order valence-corrected chi connectivity index (χ1v) is 9.49. The summed E-state index contributed by atoms with van der Waals surface area (Å²) in [5.74, 6) is 0.464. The molecular formula is C18H17FN8S. The van der Waals surface area contributed by atoms with Crippen molar-refractivity contribution >= 4 is 40.7 Å². The van der Waals surface area contributed by atoms with Crippen LogP contribution in [-0.4, -0.2) is 39.4 Å². The number of pyridine rings is 1. The van der Waals surface area contributed by atoms with E-state index in [1.807, 2.05) is 35.4 Å². The molecule has 0 saturated heterocycles. The van der Waals surface area contributed by atoms with Crippen LogP contribution >= 0.6 is 12.2 Å². The molecule has 10 heteroatoms. The van der Waals surface area contributed by atoms with Crippen LogP contribution in [0.25, 0.3) is 16.8 Å². The van der Waals surface area contributed by atoms with Gasteiger partial charge in [0.1, 0.15) is 17.5 Å². The molecule has 8 nitrogen and oxygen atoms in total. The van der Waals surface area contributed by atoms with E-state index in [0.29, 0.717) is 30.0 Å².